The van der Waals surface area contributed by atoms with Crippen molar-refractivity contribution in [3.8, 4) is 0 Å². The minimum Gasteiger partial charge on any atom is -0.511 e. The van der Waals surface area contributed by atoms with Crippen LogP contribution in [0.4, 0.5) is 0 Å². The molecule has 0 bridgehead atoms. The number of carbonyl (C=O) groups excluding carboxylic acids is 1. The molecule has 23 heavy (non-hydrogen) atoms. The number of nitrogens with zero attached hydrogens (tertiary/aromatic N) is 1. The van der Waals surface area contributed by atoms with Crippen LogP contribution in [0.25, 0.3) is 0 Å². The van der Waals surface area contributed by atoms with Gasteiger partial charge in [-0.05, 0) is 69.3 Å². The summed E-state index contributed by atoms with van der Waals surface area (Å²) in [6, 6.07) is 0. The number of hydrogen-bond donors (Lipinski definition) is 2. The van der Waals surface area contributed by atoms with Gasteiger partial charge in [-0.1, -0.05) is 17.7 Å². The molecule has 4 aliphatic carbocycles. The number of fused-ring (bicyclic) bond motifs is 5. The number of allylic oxidation sites excluding steroid dienone is 3. The molecule has 5 unspecified atom stereocenters. The molecular weight excluding hydrogens is 290 g/mol. The molecule has 4 nitrogen and oxygen atoms in total. The standard InChI is InChI=1S/C19H25NO3/c1-18-8-7-15-13(14(18)5-6-16(18)20-23)4-3-11-9-12(21)10-17(22)19(11,15)2/h9-10,13-15,22-23H,3-8H2,1-2H3. The van der Waals surface area contributed by atoms with E-state index in [4.69, 9.17) is 0 Å². The molecule has 0 saturated heterocycles. The molecule has 0 aromatic rings. The van der Waals surface area contributed by atoms with Gasteiger partial charge >= 0.3 is 0 Å². The highest BCUT2D eigenvalue weighted by Crippen LogP contribution is 2.64. The lowest BCUT2D eigenvalue weighted by atomic mass is 9.48. The number of aliphatic hydroxyl groups excluding tert-OH is 1. The van der Waals surface area contributed by atoms with Gasteiger partial charge in [0.15, 0.2) is 5.78 Å². The predicted octanol–water partition coefficient (Wildman–Crippen LogP) is 4.01. The van der Waals surface area contributed by atoms with Crippen molar-refractivity contribution in [1.82, 2.24) is 0 Å². The Morgan fingerprint density at radius 3 is 2.65 bits per heavy atom. The van der Waals surface area contributed by atoms with Gasteiger partial charge < -0.3 is 10.3 Å². The number of rotatable bonds is 0. The second kappa shape index (κ2) is 4.71. The second-order valence-corrected chi connectivity index (χ2v) is 8.26. The molecule has 3 saturated carbocycles. The minimum atomic E-state index is -0.378. The van der Waals surface area contributed by atoms with Crippen LogP contribution in [0.1, 0.15) is 52.4 Å². The predicted molar refractivity (Wildman–Crippen MR) is 87.4 cm³/mol. The minimum absolute atomic E-state index is 0.0112. The summed E-state index contributed by atoms with van der Waals surface area (Å²) in [4.78, 5) is 11.8. The lowest BCUT2D eigenvalue weighted by Gasteiger charge is -2.56. The fourth-order valence-electron chi connectivity index (χ4n) is 6.25. The van der Waals surface area contributed by atoms with Crippen LogP contribution < -0.4 is 0 Å². The van der Waals surface area contributed by atoms with Gasteiger partial charge in [0, 0.05) is 16.9 Å². The van der Waals surface area contributed by atoms with Gasteiger partial charge in [0.1, 0.15) is 5.76 Å². The Bertz CT molecular complexity index is 662. The largest absolute Gasteiger partial charge is 0.511 e. The van der Waals surface area contributed by atoms with Crippen molar-refractivity contribution >= 4 is 11.5 Å². The summed E-state index contributed by atoms with van der Waals surface area (Å²) >= 11 is 0. The smallest absolute Gasteiger partial charge is 0.181 e. The fourth-order valence-corrected chi connectivity index (χ4v) is 6.25. The normalized spacial score (nSPS) is 47.5. The van der Waals surface area contributed by atoms with Crippen molar-refractivity contribution in [2.75, 3.05) is 0 Å². The molecule has 4 rings (SSSR count). The molecule has 124 valence electrons. The van der Waals surface area contributed by atoms with Gasteiger partial charge in [-0.15, -0.1) is 0 Å². The van der Waals surface area contributed by atoms with E-state index in [2.05, 4.69) is 19.0 Å². The van der Waals surface area contributed by atoms with Gasteiger partial charge in [0.05, 0.1) is 5.71 Å². The first-order valence-corrected chi connectivity index (χ1v) is 8.79. The van der Waals surface area contributed by atoms with E-state index in [-0.39, 0.29) is 22.4 Å². The van der Waals surface area contributed by atoms with E-state index in [1.54, 1.807) is 6.08 Å². The van der Waals surface area contributed by atoms with Crippen LogP contribution in [0.5, 0.6) is 0 Å². The maximum absolute atomic E-state index is 11.8. The molecule has 2 N–H and O–H groups in total. The molecule has 3 fully saturated rings. The third-order valence-electron chi connectivity index (χ3n) is 7.58. The van der Waals surface area contributed by atoms with Gasteiger partial charge in [0.25, 0.3) is 0 Å². The Morgan fingerprint density at radius 1 is 1.13 bits per heavy atom. The summed E-state index contributed by atoms with van der Waals surface area (Å²) in [6.07, 6.45) is 9.11. The molecule has 4 heteroatoms. The van der Waals surface area contributed by atoms with Gasteiger partial charge in [0.2, 0.25) is 0 Å². The van der Waals surface area contributed by atoms with Gasteiger partial charge in [-0.3, -0.25) is 4.79 Å². The number of carbonyl (C=O) groups is 1. The summed E-state index contributed by atoms with van der Waals surface area (Å²) in [5, 5.41) is 23.6. The first kappa shape index (κ1) is 15.0. The summed E-state index contributed by atoms with van der Waals surface area (Å²) in [5.74, 6) is 1.61. The number of aliphatic hydroxyl groups is 1. The van der Waals surface area contributed by atoms with Crippen LogP contribution in [0.15, 0.2) is 28.6 Å². The third kappa shape index (κ3) is 1.78. The van der Waals surface area contributed by atoms with Gasteiger partial charge in [-0.25, -0.2) is 0 Å². The van der Waals surface area contributed by atoms with E-state index >= 15 is 0 Å². The highest BCUT2D eigenvalue weighted by Gasteiger charge is 2.59. The van der Waals surface area contributed by atoms with Crippen molar-refractivity contribution in [1.29, 1.82) is 0 Å². The maximum Gasteiger partial charge on any atom is 0.181 e. The van der Waals surface area contributed by atoms with Crippen LogP contribution in [-0.4, -0.2) is 21.8 Å². The highest BCUT2D eigenvalue weighted by molar-refractivity contribution is 6.01. The Balaban J connectivity index is 1.74. The van der Waals surface area contributed by atoms with E-state index in [1.807, 2.05) is 0 Å². The van der Waals surface area contributed by atoms with E-state index in [1.165, 1.54) is 6.08 Å². The van der Waals surface area contributed by atoms with Crippen molar-refractivity contribution < 1.29 is 15.1 Å². The van der Waals surface area contributed by atoms with E-state index in [9.17, 15) is 15.1 Å². The molecule has 0 amide bonds. The quantitative estimate of drug-likeness (QED) is 0.524. The monoisotopic (exact) mass is 315 g/mol. The Kier molecular flexibility index (Phi) is 3.07. The molecule has 0 radical (unpaired) electrons. The van der Waals surface area contributed by atoms with Crippen LogP contribution >= 0.6 is 0 Å². The SMILES string of the molecule is CC12CCC3C(CCC4=CC(=O)C=C(O)C43C)C1CCC2=NO. The molecule has 4 aliphatic rings. The topological polar surface area (TPSA) is 69.9 Å². The fraction of sp³-hybridized carbons (Fsp3) is 0.684. The van der Waals surface area contributed by atoms with E-state index in [0.717, 1.165) is 49.8 Å². The molecule has 0 aromatic carbocycles. The third-order valence-corrected chi connectivity index (χ3v) is 7.58. The second-order valence-electron chi connectivity index (χ2n) is 8.26. The van der Waals surface area contributed by atoms with Crippen molar-refractivity contribution in [2.45, 2.75) is 52.4 Å². The molecular formula is C19H25NO3. The molecule has 0 aliphatic heterocycles. The Hall–Kier alpha value is -1.58. The van der Waals surface area contributed by atoms with Crippen molar-refractivity contribution in [3.63, 3.8) is 0 Å². The molecule has 5 atom stereocenters. The van der Waals surface area contributed by atoms with Crippen LogP contribution in [0, 0.1) is 28.6 Å². The number of oxime groups is 1. The summed E-state index contributed by atoms with van der Waals surface area (Å²) in [5.41, 5.74) is 1.71. The zero-order chi connectivity index (χ0) is 16.4. The molecule has 0 heterocycles. The van der Waals surface area contributed by atoms with Crippen molar-refractivity contribution in [2.24, 2.45) is 33.7 Å². The highest BCUT2D eigenvalue weighted by atomic mass is 16.4. The number of ketones is 1. The van der Waals surface area contributed by atoms with Crippen molar-refractivity contribution in [3.05, 3.63) is 23.5 Å². The van der Waals surface area contributed by atoms with Crippen LogP contribution in [-0.2, 0) is 4.79 Å². The molecule has 0 aromatic heterocycles. The van der Waals surface area contributed by atoms with Crippen LogP contribution in [0.2, 0.25) is 0 Å². The Labute approximate surface area is 137 Å². The maximum atomic E-state index is 11.8. The average Bonchev–Trinajstić information content (AvgIpc) is 2.85. The van der Waals surface area contributed by atoms with E-state index in [0.29, 0.717) is 17.8 Å². The zero-order valence-corrected chi connectivity index (χ0v) is 13.9. The first-order chi connectivity index (χ1) is 10.9. The molecule has 0 spiro atoms. The zero-order valence-electron chi connectivity index (χ0n) is 13.9. The van der Waals surface area contributed by atoms with Crippen LogP contribution in [0.3, 0.4) is 0 Å². The Morgan fingerprint density at radius 2 is 1.91 bits per heavy atom. The lowest BCUT2D eigenvalue weighted by molar-refractivity contribution is -0.111. The lowest BCUT2D eigenvalue weighted by Crippen LogP contribution is -2.51. The number of hydrogen-bond acceptors (Lipinski definition) is 4. The van der Waals surface area contributed by atoms with E-state index < -0.39 is 0 Å². The average molecular weight is 315 g/mol. The summed E-state index contributed by atoms with van der Waals surface area (Å²) in [7, 11) is 0. The van der Waals surface area contributed by atoms with Gasteiger partial charge in [-0.2, -0.15) is 0 Å². The summed E-state index contributed by atoms with van der Waals surface area (Å²) in [6.45, 7) is 4.37. The summed E-state index contributed by atoms with van der Waals surface area (Å²) < 4.78 is 0. The first-order valence-electron chi connectivity index (χ1n) is 8.79.